The minimum absolute atomic E-state index is 0. The molecule has 7 heteroatoms. The van der Waals surface area contributed by atoms with E-state index in [-0.39, 0.29) is 58.1 Å². The Hall–Kier alpha value is -3.02. The van der Waals surface area contributed by atoms with Crippen LogP contribution in [0.1, 0.15) is 17.5 Å². The zero-order valence-electron chi connectivity index (χ0n) is 15.2. The average molecular weight is 430 g/mol. The summed E-state index contributed by atoms with van der Waals surface area (Å²) in [6, 6.07) is 8.84. The van der Waals surface area contributed by atoms with E-state index < -0.39 is 0 Å². The van der Waals surface area contributed by atoms with E-state index in [1.54, 1.807) is 12.1 Å². The van der Waals surface area contributed by atoms with Crippen LogP contribution in [0.25, 0.3) is 12.2 Å². The average Bonchev–Trinajstić information content (AvgIpc) is 2.66. The Labute approximate surface area is 173 Å². The zero-order valence-corrected chi connectivity index (χ0v) is 16.2. The van der Waals surface area contributed by atoms with Gasteiger partial charge < -0.3 is 19.7 Å². The van der Waals surface area contributed by atoms with Crippen molar-refractivity contribution in [1.82, 2.24) is 0 Å². The third-order valence-electron chi connectivity index (χ3n) is 3.65. The summed E-state index contributed by atoms with van der Waals surface area (Å²) in [4.78, 5) is 23.8. The fourth-order valence-electron chi connectivity index (χ4n) is 2.24. The summed E-state index contributed by atoms with van der Waals surface area (Å²) >= 11 is 0. The van der Waals surface area contributed by atoms with Gasteiger partial charge in [0.1, 0.15) is 11.5 Å². The van der Waals surface area contributed by atoms with Crippen molar-refractivity contribution >= 4 is 23.7 Å². The normalized spacial score (nSPS) is 10.6. The van der Waals surface area contributed by atoms with Gasteiger partial charge >= 0.3 is 17.1 Å². The molecule has 0 N–H and O–H groups in total. The van der Waals surface area contributed by atoms with Crippen LogP contribution in [0.2, 0.25) is 0 Å². The number of rotatable bonds is 8. The molecule has 0 heterocycles. The standard InChI is InChI=1S/C21H20O6.Cu/c1-26-20-11-14(5-9-18(20)24)3-7-16(22)13-17(23)8-4-15-6-10-19(25)21(12-15)27-2;/h3-12,24-25H,13H2,1-2H3;/q;+2/p-2/b7-3+,8-4+;. The van der Waals surface area contributed by atoms with Crippen molar-refractivity contribution in [2.75, 3.05) is 14.2 Å². The Bertz CT molecular complexity index is 828. The number of carbonyl (C=O) groups excluding carboxylic acids is 2. The molecule has 0 aromatic heterocycles. The molecule has 0 bridgehead atoms. The van der Waals surface area contributed by atoms with Crippen LogP contribution in [0.5, 0.6) is 23.0 Å². The van der Waals surface area contributed by atoms with Gasteiger partial charge in [-0.25, -0.2) is 0 Å². The van der Waals surface area contributed by atoms with Gasteiger partial charge in [0.25, 0.3) is 0 Å². The van der Waals surface area contributed by atoms with Crippen molar-refractivity contribution in [1.29, 1.82) is 0 Å². The van der Waals surface area contributed by atoms with E-state index in [0.29, 0.717) is 11.1 Å². The third kappa shape index (κ3) is 6.61. The van der Waals surface area contributed by atoms with Gasteiger partial charge in [0.15, 0.2) is 11.6 Å². The summed E-state index contributed by atoms with van der Waals surface area (Å²) in [6.07, 6.45) is 5.29. The largest absolute Gasteiger partial charge is 2.00 e. The first-order valence-electron chi connectivity index (χ1n) is 8.05. The number of hydrogen-bond donors (Lipinski definition) is 0. The number of carbonyl (C=O) groups is 2. The number of benzene rings is 2. The number of ether oxygens (including phenoxy) is 2. The molecule has 0 unspecified atom stereocenters. The quantitative estimate of drug-likeness (QED) is 0.362. The summed E-state index contributed by atoms with van der Waals surface area (Å²) < 4.78 is 9.86. The molecule has 0 amide bonds. The van der Waals surface area contributed by atoms with Crippen LogP contribution in [-0.2, 0) is 26.7 Å². The number of hydrogen-bond acceptors (Lipinski definition) is 6. The molecule has 28 heavy (non-hydrogen) atoms. The van der Waals surface area contributed by atoms with Gasteiger partial charge in [-0.1, -0.05) is 47.9 Å². The molecular formula is C21H18CuO6. The molecule has 0 aliphatic rings. The van der Waals surface area contributed by atoms with E-state index in [1.807, 2.05) is 0 Å². The Morgan fingerprint density at radius 2 is 1.21 bits per heavy atom. The van der Waals surface area contributed by atoms with Crippen molar-refractivity contribution in [3.05, 3.63) is 59.7 Å². The van der Waals surface area contributed by atoms with Crippen molar-refractivity contribution in [2.24, 2.45) is 0 Å². The van der Waals surface area contributed by atoms with Crippen molar-refractivity contribution in [3.63, 3.8) is 0 Å². The van der Waals surface area contributed by atoms with Gasteiger partial charge in [-0.3, -0.25) is 9.59 Å². The first-order valence-corrected chi connectivity index (χ1v) is 8.05. The van der Waals surface area contributed by atoms with Gasteiger partial charge in [0, 0.05) is 0 Å². The number of allylic oxidation sites excluding steroid dienone is 2. The molecule has 1 radical (unpaired) electrons. The van der Waals surface area contributed by atoms with Crippen LogP contribution in [-0.4, -0.2) is 25.8 Å². The summed E-state index contributed by atoms with van der Waals surface area (Å²) in [6.45, 7) is 0. The Morgan fingerprint density at radius 1 is 0.821 bits per heavy atom. The molecule has 2 rings (SSSR count). The first kappa shape index (κ1) is 23.0. The number of ketones is 2. The van der Waals surface area contributed by atoms with Crippen molar-refractivity contribution in [3.8, 4) is 23.0 Å². The van der Waals surface area contributed by atoms with E-state index in [2.05, 4.69) is 0 Å². The fraction of sp³-hybridized carbons (Fsp3) is 0.143. The molecular weight excluding hydrogens is 412 g/mol. The van der Waals surface area contributed by atoms with Crippen LogP contribution in [0.3, 0.4) is 0 Å². The number of methoxy groups -OCH3 is 2. The smallest absolute Gasteiger partial charge is 0.870 e. The second-order valence-electron chi connectivity index (χ2n) is 5.60. The second-order valence-corrected chi connectivity index (χ2v) is 5.60. The Morgan fingerprint density at radius 3 is 1.57 bits per heavy atom. The maximum Gasteiger partial charge on any atom is 2.00 e. The molecule has 2 aromatic rings. The molecule has 6 nitrogen and oxygen atoms in total. The van der Waals surface area contributed by atoms with Crippen LogP contribution in [0, 0.1) is 0 Å². The van der Waals surface area contributed by atoms with Crippen LogP contribution >= 0.6 is 0 Å². The maximum atomic E-state index is 11.9. The van der Waals surface area contributed by atoms with Crippen molar-refractivity contribution in [2.45, 2.75) is 6.42 Å². The molecule has 149 valence electrons. The van der Waals surface area contributed by atoms with Gasteiger partial charge in [-0.15, -0.1) is 0 Å². The Balaban J connectivity index is 0.00000392. The predicted molar refractivity (Wildman–Crippen MR) is 97.6 cm³/mol. The van der Waals surface area contributed by atoms with Crippen LogP contribution in [0.4, 0.5) is 0 Å². The molecule has 0 saturated carbocycles. The van der Waals surface area contributed by atoms with Gasteiger partial charge in [-0.2, -0.15) is 0 Å². The minimum Gasteiger partial charge on any atom is -0.870 e. The zero-order chi connectivity index (χ0) is 19.8. The third-order valence-corrected chi connectivity index (χ3v) is 3.65. The molecule has 0 spiro atoms. The van der Waals surface area contributed by atoms with Gasteiger partial charge in [-0.05, 0) is 35.4 Å². The van der Waals surface area contributed by atoms with Crippen molar-refractivity contribution < 1.29 is 46.3 Å². The first-order chi connectivity index (χ1) is 12.9. The Kier molecular flexibility index (Phi) is 9.02. The van der Waals surface area contributed by atoms with E-state index in [4.69, 9.17) is 9.47 Å². The van der Waals surface area contributed by atoms with E-state index in [1.165, 1.54) is 62.8 Å². The molecule has 2 aromatic carbocycles. The summed E-state index contributed by atoms with van der Waals surface area (Å²) in [7, 11) is 2.78. The van der Waals surface area contributed by atoms with E-state index in [0.717, 1.165) is 0 Å². The van der Waals surface area contributed by atoms with Gasteiger partial charge in [0.05, 0.1) is 20.6 Å². The summed E-state index contributed by atoms with van der Waals surface area (Å²) in [5.41, 5.74) is 1.24. The minimum atomic E-state index is -0.373. The molecule has 0 aliphatic heterocycles. The molecule has 0 aliphatic carbocycles. The fourth-order valence-corrected chi connectivity index (χ4v) is 2.24. The predicted octanol–water partition coefficient (Wildman–Crippen LogP) is 2.10. The van der Waals surface area contributed by atoms with Crippen LogP contribution < -0.4 is 19.7 Å². The molecule has 0 fully saturated rings. The molecule has 0 atom stereocenters. The van der Waals surface area contributed by atoms with E-state index >= 15 is 0 Å². The topological polar surface area (TPSA) is 98.7 Å². The summed E-state index contributed by atoms with van der Waals surface area (Å²) in [5.74, 6) is -0.873. The van der Waals surface area contributed by atoms with Crippen LogP contribution in [0.15, 0.2) is 48.6 Å². The summed E-state index contributed by atoms with van der Waals surface area (Å²) in [5, 5.41) is 22.9. The molecule has 0 saturated heterocycles. The van der Waals surface area contributed by atoms with E-state index in [9.17, 15) is 19.8 Å². The monoisotopic (exact) mass is 429 g/mol. The maximum absolute atomic E-state index is 11.9. The SMILES string of the molecule is COc1cc(/C=C/C(=O)CC(=O)/C=C/c2ccc([O-])c(OC)c2)ccc1[O-].[Cu+2]. The second kappa shape index (κ2) is 11.0. The van der Waals surface area contributed by atoms with Gasteiger partial charge in [0.2, 0.25) is 0 Å².